The van der Waals surface area contributed by atoms with Crippen molar-refractivity contribution in [2.45, 2.75) is 302 Å². The van der Waals surface area contributed by atoms with Crippen molar-refractivity contribution in [3.63, 3.8) is 0 Å². The molecule has 0 radical (unpaired) electrons. The maximum atomic E-state index is 13.1. The monoisotopic (exact) mass is 1080 g/mol. The van der Waals surface area contributed by atoms with E-state index >= 15 is 0 Å². The molecule has 0 amide bonds. The van der Waals surface area contributed by atoms with Crippen molar-refractivity contribution in [3.05, 3.63) is 72.9 Å². The Bertz CT molecular complexity index is 1620. The lowest BCUT2D eigenvalue weighted by Crippen LogP contribution is -2.61. The second-order valence-corrected chi connectivity index (χ2v) is 20.9. The zero-order valence-corrected chi connectivity index (χ0v) is 48.7. The van der Waals surface area contributed by atoms with Crippen LogP contribution >= 0.6 is 0 Å². The summed E-state index contributed by atoms with van der Waals surface area (Å²) in [5, 5.41) is 31.5. The first-order valence-corrected chi connectivity index (χ1v) is 30.9. The number of aliphatic hydroxyl groups excluding tert-OH is 2. The molecule has 1 fully saturated rings. The average molecular weight is 1080 g/mol. The zero-order valence-electron chi connectivity index (χ0n) is 48.7. The lowest BCUT2D eigenvalue weighted by Gasteiger charge is -2.40. The van der Waals surface area contributed by atoms with Gasteiger partial charge < -0.3 is 39.0 Å². The fourth-order valence-corrected chi connectivity index (χ4v) is 9.00. The summed E-state index contributed by atoms with van der Waals surface area (Å²) in [7, 11) is 0. The molecule has 442 valence electrons. The van der Waals surface area contributed by atoms with E-state index in [-0.39, 0.29) is 25.9 Å². The van der Waals surface area contributed by atoms with Crippen LogP contribution in [-0.2, 0) is 42.9 Å². The summed E-state index contributed by atoms with van der Waals surface area (Å²) in [6.45, 7) is 5.83. The van der Waals surface area contributed by atoms with Crippen LogP contribution < -0.4 is 0 Å². The van der Waals surface area contributed by atoms with Gasteiger partial charge in [0.15, 0.2) is 24.6 Å². The Kier molecular flexibility index (Phi) is 48.8. The molecule has 1 heterocycles. The van der Waals surface area contributed by atoms with E-state index in [2.05, 4.69) is 93.7 Å². The van der Waals surface area contributed by atoms with Gasteiger partial charge in [-0.2, -0.15) is 0 Å². The highest BCUT2D eigenvalue weighted by atomic mass is 16.7. The molecule has 1 aliphatic rings. The second-order valence-electron chi connectivity index (χ2n) is 20.9. The predicted octanol–water partition coefficient (Wildman–Crippen LogP) is 16.1. The minimum absolute atomic E-state index is 0.0522. The van der Waals surface area contributed by atoms with Gasteiger partial charge in [-0.25, -0.2) is 4.79 Å². The zero-order chi connectivity index (χ0) is 56.1. The molecule has 77 heavy (non-hydrogen) atoms. The first-order chi connectivity index (χ1) is 37.6. The molecule has 1 aliphatic heterocycles. The standard InChI is InChI=1S/C65H110O12/c1-4-7-10-13-16-19-22-25-27-28-29-30-32-35-38-41-44-47-50-53-59(68)76-63-61(70)60(69)62(64(71)72)77-65(63)74-55-56(75-58(67)52-49-46-43-40-37-33-24-21-18-15-12-9-6-3)54-73-57(66)51-48-45-42-39-36-34-31-26-23-20-17-14-11-8-5-2/h8,11,17,20-21,24-27,31,36,39,56,60-63,65,69-70H,4-7,9-10,12-16,18-19,22-23,28-30,32-35,37-38,40-55H2,1-3H3,(H,71,72)/b11-8-,20-17-,24-21-,27-25-,31-26-,39-36-. The lowest BCUT2D eigenvalue weighted by molar-refractivity contribution is -0.301. The molecule has 6 unspecified atom stereocenters. The SMILES string of the molecule is CC/C=C\C/C=C\C/C=C\C/C=C\CCCCC(=O)OCC(COC1OC(C(=O)O)C(O)C(O)C1OC(=O)CCCCCCCCCCC/C=C\CCCCCCCC)OC(=O)CCCCCCC/C=C\CCCCCC. The van der Waals surface area contributed by atoms with Crippen LogP contribution in [0.1, 0.15) is 265 Å². The average Bonchev–Trinajstić information content (AvgIpc) is 3.42. The first kappa shape index (κ1) is 71.2. The first-order valence-electron chi connectivity index (χ1n) is 30.9. The fraction of sp³-hybridized carbons (Fsp3) is 0.754. The molecule has 1 saturated heterocycles. The Morgan fingerprint density at radius 3 is 1.30 bits per heavy atom. The Hall–Kier alpha value is -3.84. The third kappa shape index (κ3) is 42.7. The fourth-order valence-electron chi connectivity index (χ4n) is 9.00. The summed E-state index contributed by atoms with van der Waals surface area (Å²) in [6.07, 6.45) is 54.4. The number of esters is 3. The number of allylic oxidation sites excluding steroid dienone is 12. The number of hydrogen-bond acceptors (Lipinski definition) is 11. The molecule has 1 rings (SSSR count). The van der Waals surface area contributed by atoms with E-state index in [1.54, 1.807) is 0 Å². The van der Waals surface area contributed by atoms with E-state index in [0.29, 0.717) is 19.3 Å². The van der Waals surface area contributed by atoms with Gasteiger partial charge in [0.2, 0.25) is 0 Å². The third-order valence-corrected chi connectivity index (χ3v) is 13.7. The molecule has 0 spiro atoms. The summed E-state index contributed by atoms with van der Waals surface area (Å²) in [5.74, 6) is -3.18. The molecule has 0 aromatic rings. The largest absolute Gasteiger partial charge is 0.479 e. The van der Waals surface area contributed by atoms with Crippen LogP contribution in [0.5, 0.6) is 0 Å². The van der Waals surface area contributed by atoms with Crippen molar-refractivity contribution in [3.8, 4) is 0 Å². The van der Waals surface area contributed by atoms with E-state index < -0.39 is 67.3 Å². The minimum Gasteiger partial charge on any atom is -0.479 e. The summed E-state index contributed by atoms with van der Waals surface area (Å²) in [5.41, 5.74) is 0. The van der Waals surface area contributed by atoms with Crippen LogP contribution in [0.4, 0.5) is 0 Å². The molecule has 0 saturated carbocycles. The number of unbranched alkanes of at least 4 members (excludes halogenated alkanes) is 26. The van der Waals surface area contributed by atoms with Gasteiger partial charge in [0.1, 0.15) is 18.8 Å². The maximum absolute atomic E-state index is 13.1. The topological polar surface area (TPSA) is 175 Å². The highest BCUT2D eigenvalue weighted by Crippen LogP contribution is 2.26. The van der Waals surface area contributed by atoms with Gasteiger partial charge in [-0.1, -0.05) is 209 Å². The Balaban J connectivity index is 2.68. The lowest BCUT2D eigenvalue weighted by atomic mass is 9.98. The number of aliphatic carboxylic acids is 1. The molecular formula is C65H110O12. The number of carbonyl (C=O) groups excluding carboxylic acids is 3. The van der Waals surface area contributed by atoms with Gasteiger partial charge in [-0.3, -0.25) is 14.4 Å². The van der Waals surface area contributed by atoms with Gasteiger partial charge >= 0.3 is 23.9 Å². The molecule has 12 nitrogen and oxygen atoms in total. The molecule has 0 aliphatic carbocycles. The van der Waals surface area contributed by atoms with E-state index in [9.17, 15) is 34.5 Å². The second kappa shape index (κ2) is 52.8. The predicted molar refractivity (Wildman–Crippen MR) is 312 cm³/mol. The smallest absolute Gasteiger partial charge is 0.335 e. The highest BCUT2D eigenvalue weighted by Gasteiger charge is 2.50. The molecule has 6 atom stereocenters. The van der Waals surface area contributed by atoms with Gasteiger partial charge in [-0.05, 0) is 109 Å². The van der Waals surface area contributed by atoms with Crippen molar-refractivity contribution in [2.75, 3.05) is 13.2 Å². The minimum atomic E-state index is -1.91. The van der Waals surface area contributed by atoms with Crippen LogP contribution in [0.25, 0.3) is 0 Å². The van der Waals surface area contributed by atoms with Crippen molar-refractivity contribution < 1.29 is 58.2 Å². The van der Waals surface area contributed by atoms with Crippen molar-refractivity contribution in [1.29, 1.82) is 0 Å². The van der Waals surface area contributed by atoms with Crippen LogP contribution in [0.15, 0.2) is 72.9 Å². The number of carboxylic acids is 1. The Labute approximate surface area is 468 Å². The van der Waals surface area contributed by atoms with E-state index in [4.69, 9.17) is 23.7 Å². The summed E-state index contributed by atoms with van der Waals surface area (Å²) in [4.78, 5) is 51.2. The molecule has 0 aromatic heterocycles. The number of carbonyl (C=O) groups is 4. The number of carboxylic acid groups (broad SMARTS) is 1. The normalized spacial score (nSPS) is 18.5. The summed E-state index contributed by atoms with van der Waals surface area (Å²) >= 11 is 0. The van der Waals surface area contributed by atoms with Crippen LogP contribution in [0.3, 0.4) is 0 Å². The maximum Gasteiger partial charge on any atom is 0.335 e. The van der Waals surface area contributed by atoms with Gasteiger partial charge in [0, 0.05) is 19.3 Å². The van der Waals surface area contributed by atoms with Gasteiger partial charge in [-0.15, -0.1) is 0 Å². The molecular weight excluding hydrogens is 973 g/mol. The molecule has 0 bridgehead atoms. The highest BCUT2D eigenvalue weighted by molar-refractivity contribution is 5.74. The third-order valence-electron chi connectivity index (χ3n) is 13.7. The summed E-state index contributed by atoms with van der Waals surface area (Å²) < 4.78 is 28.4. The molecule has 3 N–H and O–H groups in total. The number of aliphatic hydroxyl groups is 2. The Morgan fingerprint density at radius 2 is 0.818 bits per heavy atom. The summed E-state index contributed by atoms with van der Waals surface area (Å²) in [6, 6.07) is 0. The van der Waals surface area contributed by atoms with Crippen LogP contribution in [-0.4, -0.2) is 89.2 Å². The van der Waals surface area contributed by atoms with Gasteiger partial charge in [0.05, 0.1) is 6.61 Å². The van der Waals surface area contributed by atoms with E-state index in [1.807, 2.05) is 0 Å². The van der Waals surface area contributed by atoms with Crippen molar-refractivity contribution in [1.82, 2.24) is 0 Å². The van der Waals surface area contributed by atoms with Crippen molar-refractivity contribution >= 4 is 23.9 Å². The van der Waals surface area contributed by atoms with Crippen LogP contribution in [0, 0.1) is 0 Å². The van der Waals surface area contributed by atoms with E-state index in [1.165, 1.54) is 96.3 Å². The van der Waals surface area contributed by atoms with Crippen molar-refractivity contribution in [2.24, 2.45) is 0 Å². The number of ether oxygens (including phenoxy) is 5. The quantitative estimate of drug-likeness (QED) is 0.0228. The van der Waals surface area contributed by atoms with Gasteiger partial charge in [0.25, 0.3) is 0 Å². The Morgan fingerprint density at radius 1 is 0.442 bits per heavy atom. The molecule has 12 heteroatoms. The van der Waals surface area contributed by atoms with Crippen LogP contribution in [0.2, 0.25) is 0 Å². The number of rotatable bonds is 52. The van der Waals surface area contributed by atoms with E-state index in [0.717, 1.165) is 109 Å². The molecule has 0 aromatic carbocycles. The number of hydrogen-bond donors (Lipinski definition) is 3.